The zero-order chi connectivity index (χ0) is 15.7. The van der Waals surface area contributed by atoms with E-state index in [1.165, 1.54) is 11.8 Å². The van der Waals surface area contributed by atoms with Crippen LogP contribution < -0.4 is 0 Å². The van der Waals surface area contributed by atoms with Crippen molar-refractivity contribution in [3.8, 4) is 0 Å². The van der Waals surface area contributed by atoms with Crippen LogP contribution in [0.25, 0.3) is 0 Å². The van der Waals surface area contributed by atoms with E-state index in [4.69, 9.17) is 0 Å². The smallest absolute Gasteiger partial charge is 0.241 e. The van der Waals surface area contributed by atoms with Crippen molar-refractivity contribution in [3.63, 3.8) is 0 Å². The van der Waals surface area contributed by atoms with Crippen LogP contribution in [0.3, 0.4) is 0 Å². The number of hydrogen-bond donors (Lipinski definition) is 0. The van der Waals surface area contributed by atoms with Gasteiger partial charge in [0.2, 0.25) is 15.9 Å². The minimum absolute atomic E-state index is 0.0843. The lowest BCUT2D eigenvalue weighted by molar-refractivity contribution is -0.128. The van der Waals surface area contributed by atoms with Gasteiger partial charge in [-0.2, -0.15) is 0 Å². The first-order valence-corrected chi connectivity index (χ1v) is 9.14. The highest BCUT2D eigenvalue weighted by atomic mass is 32.2. The van der Waals surface area contributed by atoms with Gasteiger partial charge in [-0.25, -0.2) is 12.7 Å². The van der Waals surface area contributed by atoms with Crippen molar-refractivity contribution in [2.24, 2.45) is 5.41 Å². The second-order valence-corrected chi connectivity index (χ2v) is 8.82. The third-order valence-electron chi connectivity index (χ3n) is 4.78. The second-order valence-electron chi connectivity index (χ2n) is 6.57. The Balaban J connectivity index is 2.16. The van der Waals surface area contributed by atoms with Crippen LogP contribution in [0.5, 0.6) is 0 Å². The van der Waals surface area contributed by atoms with Crippen molar-refractivity contribution < 1.29 is 13.2 Å². The molecule has 0 radical (unpaired) electrons. The molecule has 1 amide bonds. The summed E-state index contributed by atoms with van der Waals surface area (Å²) in [5, 5.41) is -0.998. The van der Waals surface area contributed by atoms with Gasteiger partial charge in [0.1, 0.15) is 0 Å². The number of rotatable bonds is 3. The van der Waals surface area contributed by atoms with Crippen molar-refractivity contribution in [1.82, 2.24) is 9.21 Å². The van der Waals surface area contributed by atoms with Crippen LogP contribution in [-0.4, -0.2) is 56.0 Å². The van der Waals surface area contributed by atoms with Crippen molar-refractivity contribution >= 4 is 15.9 Å². The van der Waals surface area contributed by atoms with Crippen LogP contribution in [0.2, 0.25) is 0 Å². The molecule has 0 aromatic heterocycles. The van der Waals surface area contributed by atoms with Gasteiger partial charge >= 0.3 is 0 Å². The molecular formula is C15H26N2O3S. The molecular weight excluding hydrogens is 288 g/mol. The van der Waals surface area contributed by atoms with Crippen LogP contribution in [0.4, 0.5) is 0 Å². The summed E-state index contributed by atoms with van der Waals surface area (Å²) >= 11 is 0. The Bertz CT molecular complexity index is 527. The molecule has 6 heteroatoms. The van der Waals surface area contributed by atoms with E-state index in [2.05, 4.69) is 12.2 Å². The number of carbonyl (C=O) groups is 1. The number of piperidine rings is 1. The predicted molar refractivity (Wildman–Crippen MR) is 83.3 cm³/mol. The van der Waals surface area contributed by atoms with Crippen molar-refractivity contribution in [3.05, 3.63) is 12.2 Å². The molecule has 1 aliphatic heterocycles. The Morgan fingerprint density at radius 2 is 2.00 bits per heavy atom. The zero-order valence-electron chi connectivity index (χ0n) is 13.2. The largest absolute Gasteiger partial charge is 0.348 e. The van der Waals surface area contributed by atoms with Gasteiger partial charge in [-0.1, -0.05) is 12.2 Å². The van der Waals surface area contributed by atoms with Crippen LogP contribution in [0.15, 0.2) is 12.2 Å². The van der Waals surface area contributed by atoms with Crippen LogP contribution in [-0.2, 0) is 14.8 Å². The molecule has 0 aromatic rings. The molecule has 0 unspecified atom stereocenters. The number of amides is 1. The molecule has 2 rings (SSSR count). The highest BCUT2D eigenvalue weighted by Gasteiger charge is 2.42. The van der Waals surface area contributed by atoms with Crippen molar-refractivity contribution in [2.75, 3.05) is 27.2 Å². The molecule has 0 bridgehead atoms. The molecule has 1 saturated heterocycles. The number of sulfonamides is 1. The lowest BCUT2D eigenvalue weighted by Gasteiger charge is -2.43. The number of carbonyl (C=O) groups excluding carboxylic acids is 1. The van der Waals surface area contributed by atoms with Crippen LogP contribution >= 0.6 is 0 Å². The lowest BCUT2D eigenvalue weighted by atomic mass is 9.72. The van der Waals surface area contributed by atoms with Gasteiger partial charge in [-0.3, -0.25) is 4.79 Å². The SMILES string of the molecule is C[C@@H](C(=O)N(C)C)S(=O)(=O)N1CCC[C@]2(CC=CCC2)C1. The monoisotopic (exact) mass is 314 g/mol. The molecule has 1 fully saturated rings. The molecule has 120 valence electrons. The van der Waals surface area contributed by atoms with Crippen LogP contribution in [0, 0.1) is 5.41 Å². The lowest BCUT2D eigenvalue weighted by Crippen LogP contribution is -2.51. The standard InChI is InChI=1S/C15H26N2O3S/c1-13(14(18)16(2)3)21(19,20)17-11-7-10-15(12-17)8-5-4-6-9-15/h4-5,13H,6-12H2,1-3H3/t13-,15+/m0/s1. The number of nitrogens with zero attached hydrogens (tertiary/aromatic N) is 2. The summed E-state index contributed by atoms with van der Waals surface area (Å²) in [5.74, 6) is -0.349. The maximum absolute atomic E-state index is 12.7. The fourth-order valence-electron chi connectivity index (χ4n) is 3.41. The molecule has 21 heavy (non-hydrogen) atoms. The first kappa shape index (κ1) is 16.5. The molecule has 5 nitrogen and oxygen atoms in total. The quantitative estimate of drug-likeness (QED) is 0.744. The first-order chi connectivity index (χ1) is 9.78. The fraction of sp³-hybridized carbons (Fsp3) is 0.800. The third-order valence-corrected chi connectivity index (χ3v) is 6.91. The summed E-state index contributed by atoms with van der Waals surface area (Å²) in [6.07, 6.45) is 9.35. The van der Waals surface area contributed by atoms with E-state index in [1.54, 1.807) is 18.4 Å². The van der Waals surface area contributed by atoms with Gasteiger partial charge in [0.05, 0.1) is 0 Å². The summed E-state index contributed by atoms with van der Waals surface area (Å²) in [5.41, 5.74) is 0.0843. The first-order valence-electron chi connectivity index (χ1n) is 7.64. The Labute approximate surface area is 128 Å². The summed E-state index contributed by atoms with van der Waals surface area (Å²) in [6, 6.07) is 0. The molecule has 2 atom stereocenters. The molecule has 1 spiro atoms. The zero-order valence-corrected chi connectivity index (χ0v) is 14.0. The maximum atomic E-state index is 12.7. The molecule has 1 heterocycles. The number of allylic oxidation sites excluding steroid dienone is 2. The summed E-state index contributed by atoms with van der Waals surface area (Å²) < 4.78 is 27.0. The van der Waals surface area contributed by atoms with E-state index in [-0.39, 0.29) is 11.3 Å². The third kappa shape index (κ3) is 3.31. The van der Waals surface area contributed by atoms with Crippen LogP contribution in [0.1, 0.15) is 39.0 Å². The molecule has 1 aliphatic carbocycles. The van der Waals surface area contributed by atoms with Gasteiger partial charge in [0, 0.05) is 27.2 Å². The van der Waals surface area contributed by atoms with E-state index in [9.17, 15) is 13.2 Å². The van der Waals surface area contributed by atoms with Gasteiger partial charge in [0.15, 0.2) is 5.25 Å². The highest BCUT2D eigenvalue weighted by Crippen LogP contribution is 2.41. The Morgan fingerprint density at radius 3 is 2.57 bits per heavy atom. The summed E-state index contributed by atoms with van der Waals surface area (Å²) in [6.45, 7) is 2.60. The summed E-state index contributed by atoms with van der Waals surface area (Å²) in [4.78, 5) is 13.4. The Kier molecular flexibility index (Phi) is 4.78. The fourth-order valence-corrected chi connectivity index (χ4v) is 5.16. The Morgan fingerprint density at radius 1 is 1.29 bits per heavy atom. The normalized spacial score (nSPS) is 28.5. The van der Waals surface area contributed by atoms with E-state index in [1.807, 2.05) is 0 Å². The molecule has 0 aromatic carbocycles. The molecule has 0 saturated carbocycles. The second kappa shape index (κ2) is 6.08. The Hall–Kier alpha value is -0.880. The van der Waals surface area contributed by atoms with E-state index in [0.717, 1.165) is 32.1 Å². The van der Waals surface area contributed by atoms with Crippen molar-refractivity contribution in [2.45, 2.75) is 44.3 Å². The molecule has 0 N–H and O–H groups in total. The van der Waals surface area contributed by atoms with Gasteiger partial charge in [0.25, 0.3) is 0 Å². The van der Waals surface area contributed by atoms with E-state index in [0.29, 0.717) is 13.1 Å². The predicted octanol–water partition coefficient (Wildman–Crippen LogP) is 1.62. The minimum atomic E-state index is -3.56. The van der Waals surface area contributed by atoms with Gasteiger partial charge in [-0.05, 0) is 44.4 Å². The minimum Gasteiger partial charge on any atom is -0.348 e. The molecule has 2 aliphatic rings. The summed E-state index contributed by atoms with van der Waals surface area (Å²) in [7, 11) is -0.373. The average molecular weight is 314 g/mol. The topological polar surface area (TPSA) is 57.7 Å². The van der Waals surface area contributed by atoms with E-state index >= 15 is 0 Å². The highest BCUT2D eigenvalue weighted by molar-refractivity contribution is 7.90. The maximum Gasteiger partial charge on any atom is 0.241 e. The van der Waals surface area contributed by atoms with E-state index < -0.39 is 15.3 Å². The van der Waals surface area contributed by atoms with Gasteiger partial charge in [-0.15, -0.1) is 0 Å². The van der Waals surface area contributed by atoms with Gasteiger partial charge < -0.3 is 4.90 Å². The average Bonchev–Trinajstić information content (AvgIpc) is 2.46. The number of hydrogen-bond acceptors (Lipinski definition) is 3. The van der Waals surface area contributed by atoms with Crippen molar-refractivity contribution in [1.29, 1.82) is 0 Å².